The summed E-state index contributed by atoms with van der Waals surface area (Å²) in [5.41, 5.74) is 1.99. The van der Waals surface area contributed by atoms with Crippen molar-refractivity contribution in [1.29, 1.82) is 0 Å². The van der Waals surface area contributed by atoms with Gasteiger partial charge in [-0.1, -0.05) is 28.1 Å². The summed E-state index contributed by atoms with van der Waals surface area (Å²) in [5, 5.41) is 9.96. The van der Waals surface area contributed by atoms with Crippen LogP contribution in [0.25, 0.3) is 0 Å². The number of phenols is 1. The number of ether oxygens (including phenoxy) is 1. The molecule has 4 nitrogen and oxygen atoms in total. The zero-order valence-electron chi connectivity index (χ0n) is 14.4. The van der Waals surface area contributed by atoms with E-state index in [1.165, 1.54) is 31.5 Å². The molecule has 1 fully saturated rings. The van der Waals surface area contributed by atoms with Crippen molar-refractivity contribution in [3.8, 4) is 11.5 Å². The molecule has 2 aromatic carbocycles. The number of benzene rings is 2. The van der Waals surface area contributed by atoms with Gasteiger partial charge in [0.2, 0.25) is 0 Å². The van der Waals surface area contributed by atoms with E-state index in [-0.39, 0.29) is 5.75 Å². The summed E-state index contributed by atoms with van der Waals surface area (Å²) in [4.78, 5) is 6.23. The van der Waals surface area contributed by atoms with Gasteiger partial charge in [-0.05, 0) is 30.3 Å². The van der Waals surface area contributed by atoms with Crippen molar-refractivity contribution in [2.75, 3.05) is 26.7 Å². The maximum atomic E-state index is 9.96. The van der Waals surface area contributed by atoms with Gasteiger partial charge in [0, 0.05) is 34.7 Å². The van der Waals surface area contributed by atoms with E-state index in [1.54, 1.807) is 24.3 Å². The number of aliphatic imine (C=N–C) groups is 1. The normalized spacial score (nSPS) is 16.4. The van der Waals surface area contributed by atoms with Gasteiger partial charge in [0.25, 0.3) is 0 Å². The molecular weight excluding hydrogens is 380 g/mol. The predicted molar refractivity (Wildman–Crippen MR) is 104 cm³/mol. The lowest BCUT2D eigenvalue weighted by molar-refractivity contribution is -0.918. The third-order valence-corrected chi connectivity index (χ3v) is 5.24. The third-order valence-electron chi connectivity index (χ3n) is 4.74. The smallest absolute Gasteiger partial charge is 0.133 e. The molecule has 3 rings (SSSR count). The van der Waals surface area contributed by atoms with Crippen LogP contribution in [0.1, 0.15) is 30.0 Å². The molecular formula is C20H24BrN2O2+. The lowest BCUT2D eigenvalue weighted by Gasteiger charge is -2.24. The number of aromatic hydroxyl groups is 1. The number of hydrogen-bond donors (Lipinski definition) is 2. The van der Waals surface area contributed by atoms with E-state index in [1.807, 2.05) is 24.3 Å². The van der Waals surface area contributed by atoms with Gasteiger partial charge in [0.05, 0.1) is 26.7 Å². The fourth-order valence-corrected chi connectivity index (χ4v) is 3.77. The molecule has 2 aromatic rings. The Kier molecular flexibility index (Phi) is 6.10. The number of phenolic OH excluding ortho intramolecular Hbond substituents is 1. The number of halogens is 1. The number of hydrogen-bond acceptors (Lipinski definition) is 3. The Hall–Kier alpha value is -1.85. The second kappa shape index (κ2) is 8.50. The second-order valence-corrected chi connectivity index (χ2v) is 7.31. The second-order valence-electron chi connectivity index (χ2n) is 6.39. The molecule has 0 saturated carbocycles. The number of methoxy groups -OCH3 is 1. The minimum atomic E-state index is 0.249. The van der Waals surface area contributed by atoms with Crippen molar-refractivity contribution < 1.29 is 14.7 Å². The maximum absolute atomic E-state index is 9.96. The molecule has 0 unspecified atom stereocenters. The maximum Gasteiger partial charge on any atom is 0.133 e. The van der Waals surface area contributed by atoms with Crippen molar-refractivity contribution in [2.24, 2.45) is 4.99 Å². The third kappa shape index (κ3) is 4.61. The first-order valence-corrected chi connectivity index (χ1v) is 9.43. The lowest BCUT2D eigenvalue weighted by atomic mass is 10.1. The van der Waals surface area contributed by atoms with Crippen LogP contribution in [0, 0.1) is 0 Å². The van der Waals surface area contributed by atoms with E-state index in [0.29, 0.717) is 12.6 Å². The van der Waals surface area contributed by atoms with Crippen molar-refractivity contribution in [3.05, 3.63) is 58.1 Å². The summed E-state index contributed by atoms with van der Waals surface area (Å²) in [6, 6.07) is 14.0. The molecule has 25 heavy (non-hydrogen) atoms. The topological polar surface area (TPSA) is 46.3 Å². The quantitative estimate of drug-likeness (QED) is 0.728. The average molecular weight is 404 g/mol. The molecule has 0 bridgehead atoms. The highest BCUT2D eigenvalue weighted by Gasteiger charge is 2.27. The molecule has 1 atom stereocenters. The predicted octanol–water partition coefficient (Wildman–Crippen LogP) is 3.00. The van der Waals surface area contributed by atoms with Gasteiger partial charge in [0.1, 0.15) is 17.5 Å². The molecule has 0 amide bonds. The van der Waals surface area contributed by atoms with Crippen LogP contribution < -0.4 is 9.64 Å². The molecule has 5 heteroatoms. The van der Waals surface area contributed by atoms with E-state index in [2.05, 4.69) is 33.1 Å². The van der Waals surface area contributed by atoms with Gasteiger partial charge in [-0.3, -0.25) is 4.99 Å². The van der Waals surface area contributed by atoms with E-state index < -0.39 is 0 Å². The van der Waals surface area contributed by atoms with Crippen LogP contribution in [0.5, 0.6) is 11.5 Å². The number of likely N-dealkylation sites (tertiary alicyclic amines) is 1. The summed E-state index contributed by atoms with van der Waals surface area (Å²) < 4.78 is 6.32. The molecule has 1 heterocycles. The first kappa shape index (κ1) is 18.0. The molecule has 132 valence electrons. The summed E-state index contributed by atoms with van der Waals surface area (Å²) in [6.07, 6.45) is 4.31. The molecule has 0 aliphatic carbocycles. The van der Waals surface area contributed by atoms with Crippen molar-refractivity contribution in [2.45, 2.75) is 18.9 Å². The minimum Gasteiger partial charge on any atom is -0.507 e. The van der Waals surface area contributed by atoms with Crippen molar-refractivity contribution >= 4 is 22.1 Å². The number of quaternary nitrogens is 1. The summed E-state index contributed by atoms with van der Waals surface area (Å²) >= 11 is 3.43. The first-order valence-electron chi connectivity index (χ1n) is 8.64. The van der Waals surface area contributed by atoms with Crippen LogP contribution in [0.3, 0.4) is 0 Å². The summed E-state index contributed by atoms with van der Waals surface area (Å²) in [7, 11) is 1.70. The highest BCUT2D eigenvalue weighted by atomic mass is 79.9. The van der Waals surface area contributed by atoms with Crippen LogP contribution in [0.2, 0.25) is 0 Å². The Balaban J connectivity index is 1.80. The Bertz CT molecular complexity index is 742. The molecule has 0 aromatic heterocycles. The van der Waals surface area contributed by atoms with E-state index in [9.17, 15) is 5.11 Å². The monoisotopic (exact) mass is 403 g/mol. The first-order chi connectivity index (χ1) is 12.2. The van der Waals surface area contributed by atoms with Crippen LogP contribution in [0.15, 0.2) is 51.9 Å². The molecule has 1 aliphatic rings. The van der Waals surface area contributed by atoms with Gasteiger partial charge in [0.15, 0.2) is 0 Å². The number of nitrogens with one attached hydrogen (secondary N) is 1. The van der Waals surface area contributed by atoms with Gasteiger partial charge in [-0.25, -0.2) is 0 Å². The van der Waals surface area contributed by atoms with Crippen LogP contribution in [0.4, 0.5) is 0 Å². The molecule has 1 aliphatic heterocycles. The lowest BCUT2D eigenvalue weighted by Crippen LogP contribution is -3.10. The highest BCUT2D eigenvalue weighted by Crippen LogP contribution is 2.21. The van der Waals surface area contributed by atoms with Gasteiger partial charge >= 0.3 is 0 Å². The summed E-state index contributed by atoms with van der Waals surface area (Å²) in [6.45, 7) is 3.05. The van der Waals surface area contributed by atoms with Crippen LogP contribution in [-0.4, -0.2) is 38.1 Å². The Morgan fingerprint density at radius 1 is 1.24 bits per heavy atom. The fraction of sp³-hybridized carbons (Fsp3) is 0.350. The fourth-order valence-electron chi connectivity index (χ4n) is 3.39. The van der Waals surface area contributed by atoms with Gasteiger partial charge in [-0.2, -0.15) is 0 Å². The molecule has 0 spiro atoms. The van der Waals surface area contributed by atoms with Crippen molar-refractivity contribution in [1.82, 2.24) is 0 Å². The summed E-state index contributed by atoms with van der Waals surface area (Å²) in [5.74, 6) is 1.13. The van der Waals surface area contributed by atoms with Gasteiger partial charge in [-0.15, -0.1) is 0 Å². The highest BCUT2D eigenvalue weighted by molar-refractivity contribution is 9.10. The standard InChI is InChI=1S/C20H23BrN2O2/c1-25-18-6-4-5-15(12-18)19(23-9-2-3-10-23)14-22-13-16-11-17(21)7-8-20(16)24/h4-8,11-13,19,24H,2-3,9-10,14H2,1H3/p+1/t19-/m1/s1. The average Bonchev–Trinajstić information content (AvgIpc) is 3.16. The number of rotatable bonds is 6. The van der Waals surface area contributed by atoms with E-state index in [0.717, 1.165) is 15.8 Å². The SMILES string of the molecule is COc1cccc([C@@H](CN=Cc2cc(Br)ccc2O)[NH+]2CCCC2)c1. The Labute approximate surface area is 157 Å². The number of nitrogens with zero attached hydrogens (tertiary/aromatic N) is 1. The van der Waals surface area contributed by atoms with Crippen LogP contribution in [-0.2, 0) is 0 Å². The molecule has 2 N–H and O–H groups in total. The minimum absolute atomic E-state index is 0.249. The van der Waals surface area contributed by atoms with E-state index in [4.69, 9.17) is 4.74 Å². The Morgan fingerprint density at radius 2 is 2.04 bits per heavy atom. The van der Waals surface area contributed by atoms with Crippen molar-refractivity contribution in [3.63, 3.8) is 0 Å². The Morgan fingerprint density at radius 3 is 2.80 bits per heavy atom. The zero-order valence-corrected chi connectivity index (χ0v) is 16.0. The van der Waals surface area contributed by atoms with Crippen LogP contribution >= 0.6 is 15.9 Å². The zero-order chi connectivity index (χ0) is 17.6. The van der Waals surface area contributed by atoms with Gasteiger partial charge < -0.3 is 14.7 Å². The van der Waals surface area contributed by atoms with E-state index >= 15 is 0 Å². The largest absolute Gasteiger partial charge is 0.507 e. The molecule has 1 saturated heterocycles. The molecule has 0 radical (unpaired) electrons.